The molecule has 0 bridgehead atoms. The van der Waals surface area contributed by atoms with Gasteiger partial charge in [0.2, 0.25) is 5.91 Å². The third-order valence-electron chi connectivity index (χ3n) is 4.61. The Bertz CT molecular complexity index is 713. The molecule has 2 fully saturated rings. The van der Waals surface area contributed by atoms with Crippen molar-refractivity contribution in [1.29, 1.82) is 0 Å². The van der Waals surface area contributed by atoms with Gasteiger partial charge in [-0.3, -0.25) is 9.59 Å². The number of likely N-dealkylation sites (tertiary alicyclic amines) is 1. The fourth-order valence-electron chi connectivity index (χ4n) is 2.93. The molecule has 1 aliphatic carbocycles. The van der Waals surface area contributed by atoms with E-state index in [4.69, 9.17) is 0 Å². The number of aryl methyl sites for hydroxylation is 1. The number of rotatable bonds is 4. The number of carbonyl (C=O) groups is 3. The first-order valence-corrected chi connectivity index (χ1v) is 9.72. The minimum absolute atomic E-state index is 0.0750. The highest BCUT2D eigenvalue weighted by Crippen LogP contribution is 2.26. The smallest absolute Gasteiger partial charge is 0.317 e. The molecule has 9 heteroatoms. The zero-order valence-electron chi connectivity index (χ0n) is 15.4. The molecule has 1 saturated carbocycles. The zero-order valence-corrected chi connectivity index (χ0v) is 16.2. The van der Waals surface area contributed by atoms with Crippen molar-refractivity contribution < 1.29 is 14.4 Å². The Kier molecular flexibility index (Phi) is 5.45. The van der Waals surface area contributed by atoms with Crippen LogP contribution < -0.4 is 10.6 Å². The van der Waals surface area contributed by atoms with Gasteiger partial charge in [0.15, 0.2) is 5.13 Å². The van der Waals surface area contributed by atoms with Crippen molar-refractivity contribution in [2.45, 2.75) is 38.6 Å². The lowest BCUT2D eigenvalue weighted by Gasteiger charge is -2.31. The van der Waals surface area contributed by atoms with Crippen molar-refractivity contribution in [2.75, 3.05) is 32.5 Å². The lowest BCUT2D eigenvalue weighted by molar-refractivity contribution is -0.121. The maximum absolute atomic E-state index is 12.6. The summed E-state index contributed by atoms with van der Waals surface area (Å²) in [6.07, 6.45) is 3.63. The van der Waals surface area contributed by atoms with Crippen LogP contribution >= 0.6 is 11.3 Å². The lowest BCUT2D eigenvalue weighted by Crippen LogP contribution is -2.48. The summed E-state index contributed by atoms with van der Waals surface area (Å²) in [6, 6.07) is 0.233. The largest absolute Gasteiger partial charge is 0.344 e. The topological polar surface area (TPSA) is 94.6 Å². The highest BCUT2D eigenvalue weighted by molar-refractivity contribution is 7.17. The first kappa shape index (κ1) is 18.6. The van der Waals surface area contributed by atoms with Crippen molar-refractivity contribution in [2.24, 2.45) is 5.92 Å². The van der Waals surface area contributed by atoms with Crippen LogP contribution in [0.1, 0.15) is 41.0 Å². The van der Waals surface area contributed by atoms with Gasteiger partial charge in [0.1, 0.15) is 4.88 Å². The van der Waals surface area contributed by atoms with E-state index in [2.05, 4.69) is 15.6 Å². The molecule has 1 aromatic rings. The second-order valence-corrected chi connectivity index (χ2v) is 8.13. The van der Waals surface area contributed by atoms with Crippen LogP contribution in [-0.2, 0) is 4.79 Å². The Labute approximate surface area is 156 Å². The summed E-state index contributed by atoms with van der Waals surface area (Å²) >= 11 is 1.18. The molecule has 2 N–H and O–H groups in total. The average Bonchev–Trinajstić information content (AvgIpc) is 3.35. The molecular weight excluding hydrogens is 354 g/mol. The molecule has 1 aromatic heterocycles. The van der Waals surface area contributed by atoms with Crippen LogP contribution in [0, 0.1) is 12.8 Å². The summed E-state index contributed by atoms with van der Waals surface area (Å²) in [4.78, 5) is 44.9. The predicted octanol–water partition coefficient (Wildman–Crippen LogP) is 1.68. The van der Waals surface area contributed by atoms with Crippen LogP contribution in [0.3, 0.4) is 0 Å². The number of nitrogens with zero attached hydrogens (tertiary/aromatic N) is 3. The van der Waals surface area contributed by atoms with Gasteiger partial charge >= 0.3 is 6.03 Å². The fraction of sp³-hybridized carbons (Fsp3) is 0.647. The maximum Gasteiger partial charge on any atom is 0.317 e. The minimum atomic E-state index is -0.258. The van der Waals surface area contributed by atoms with Crippen molar-refractivity contribution in [1.82, 2.24) is 20.1 Å². The van der Waals surface area contributed by atoms with E-state index in [1.54, 1.807) is 25.9 Å². The standard InChI is InChI=1S/C17H25N5O3S/c1-10-13(15(24)21(2)3)26-16(18-10)20-14(23)11-5-4-8-22(9-11)17(25)19-12-6-7-12/h11-12H,4-9H2,1-3H3,(H,19,25)(H,18,20,23). The lowest BCUT2D eigenvalue weighted by atomic mass is 9.97. The third kappa shape index (κ3) is 4.32. The Morgan fingerprint density at radius 2 is 1.96 bits per heavy atom. The molecule has 8 nitrogen and oxygen atoms in total. The van der Waals surface area contributed by atoms with E-state index in [1.807, 2.05) is 0 Å². The van der Waals surface area contributed by atoms with Gasteiger partial charge in [0.05, 0.1) is 11.6 Å². The van der Waals surface area contributed by atoms with Crippen LogP contribution in [0.4, 0.5) is 9.93 Å². The summed E-state index contributed by atoms with van der Waals surface area (Å²) in [5, 5.41) is 6.22. The minimum Gasteiger partial charge on any atom is -0.344 e. The van der Waals surface area contributed by atoms with Crippen molar-refractivity contribution in [3.8, 4) is 0 Å². The maximum atomic E-state index is 12.6. The Morgan fingerprint density at radius 3 is 2.62 bits per heavy atom. The summed E-state index contributed by atoms with van der Waals surface area (Å²) in [7, 11) is 3.37. The van der Waals surface area contributed by atoms with E-state index in [9.17, 15) is 14.4 Å². The van der Waals surface area contributed by atoms with E-state index < -0.39 is 0 Å². The van der Waals surface area contributed by atoms with E-state index in [0.717, 1.165) is 25.7 Å². The second-order valence-electron chi connectivity index (χ2n) is 7.13. The summed E-state index contributed by atoms with van der Waals surface area (Å²) < 4.78 is 0. The summed E-state index contributed by atoms with van der Waals surface area (Å²) in [5.41, 5.74) is 0.609. The number of urea groups is 1. The van der Waals surface area contributed by atoms with Gasteiger partial charge in [-0.1, -0.05) is 11.3 Å². The molecule has 2 aliphatic rings. The van der Waals surface area contributed by atoms with Crippen LogP contribution in [-0.4, -0.2) is 65.9 Å². The molecule has 3 rings (SSSR count). The average molecular weight is 379 g/mol. The first-order valence-electron chi connectivity index (χ1n) is 8.90. The molecule has 0 spiro atoms. The molecule has 0 radical (unpaired) electrons. The molecule has 1 unspecified atom stereocenters. The number of hydrogen-bond acceptors (Lipinski definition) is 5. The number of thiazole rings is 1. The molecule has 4 amide bonds. The first-order chi connectivity index (χ1) is 12.3. The molecule has 1 atom stereocenters. The third-order valence-corrected chi connectivity index (χ3v) is 5.67. The second kappa shape index (κ2) is 7.61. The highest BCUT2D eigenvalue weighted by atomic mass is 32.1. The number of hydrogen-bond donors (Lipinski definition) is 2. The quantitative estimate of drug-likeness (QED) is 0.832. The van der Waals surface area contributed by atoms with Gasteiger partial charge in [-0.25, -0.2) is 9.78 Å². The van der Waals surface area contributed by atoms with Crippen LogP contribution in [0.5, 0.6) is 0 Å². The van der Waals surface area contributed by atoms with Gasteiger partial charge in [-0.15, -0.1) is 0 Å². The Balaban J connectivity index is 1.59. The number of anilines is 1. The van der Waals surface area contributed by atoms with E-state index in [-0.39, 0.29) is 23.8 Å². The molecule has 142 valence electrons. The molecule has 0 aromatic carbocycles. The molecular formula is C17H25N5O3S. The number of amides is 4. The van der Waals surface area contributed by atoms with Crippen molar-refractivity contribution in [3.63, 3.8) is 0 Å². The Morgan fingerprint density at radius 1 is 1.23 bits per heavy atom. The van der Waals surface area contributed by atoms with Gasteiger partial charge in [-0.05, 0) is 32.6 Å². The van der Waals surface area contributed by atoms with E-state index in [0.29, 0.717) is 34.8 Å². The zero-order chi connectivity index (χ0) is 18.8. The van der Waals surface area contributed by atoms with Crippen LogP contribution in [0.15, 0.2) is 0 Å². The highest BCUT2D eigenvalue weighted by Gasteiger charge is 2.32. The number of piperidine rings is 1. The van der Waals surface area contributed by atoms with E-state index >= 15 is 0 Å². The Hall–Kier alpha value is -2.16. The van der Waals surface area contributed by atoms with Gasteiger partial charge in [0, 0.05) is 33.2 Å². The van der Waals surface area contributed by atoms with Crippen molar-refractivity contribution in [3.05, 3.63) is 10.6 Å². The van der Waals surface area contributed by atoms with Gasteiger partial charge < -0.3 is 20.4 Å². The number of aromatic nitrogens is 1. The summed E-state index contributed by atoms with van der Waals surface area (Å²) in [6.45, 7) is 2.85. The van der Waals surface area contributed by atoms with Gasteiger partial charge in [-0.2, -0.15) is 0 Å². The molecule has 1 aliphatic heterocycles. The monoisotopic (exact) mass is 379 g/mol. The number of nitrogens with one attached hydrogen (secondary N) is 2. The molecule has 2 heterocycles. The van der Waals surface area contributed by atoms with Crippen molar-refractivity contribution >= 4 is 34.3 Å². The summed E-state index contributed by atoms with van der Waals surface area (Å²) in [5.74, 6) is -0.529. The van der Waals surface area contributed by atoms with Crippen LogP contribution in [0.25, 0.3) is 0 Å². The van der Waals surface area contributed by atoms with Gasteiger partial charge in [0.25, 0.3) is 5.91 Å². The van der Waals surface area contributed by atoms with E-state index in [1.165, 1.54) is 16.2 Å². The number of carbonyl (C=O) groups excluding carboxylic acids is 3. The molecule has 26 heavy (non-hydrogen) atoms. The van der Waals surface area contributed by atoms with Crippen LogP contribution in [0.2, 0.25) is 0 Å². The SMILES string of the molecule is Cc1nc(NC(=O)C2CCCN(C(=O)NC3CC3)C2)sc1C(=O)N(C)C. The fourth-order valence-corrected chi connectivity index (χ4v) is 3.92. The normalized spacial score (nSPS) is 19.8. The molecule has 1 saturated heterocycles. The predicted molar refractivity (Wildman–Crippen MR) is 99.3 cm³/mol.